The largest absolute Gasteiger partial charge is 0.303 e. The quantitative estimate of drug-likeness (QED) is 0.474. The van der Waals surface area contributed by atoms with Gasteiger partial charge in [-0.15, -0.1) is 0 Å². The van der Waals surface area contributed by atoms with Crippen molar-refractivity contribution in [2.45, 2.75) is 25.2 Å². The number of aromatic amines is 1. The minimum atomic E-state index is 0.522. The van der Waals surface area contributed by atoms with Crippen molar-refractivity contribution in [1.82, 2.24) is 15.1 Å². The Balaban J connectivity index is 1.19. The van der Waals surface area contributed by atoms with E-state index in [9.17, 15) is 0 Å². The van der Waals surface area contributed by atoms with Crippen LogP contribution in [-0.4, -0.2) is 34.7 Å². The third-order valence-corrected chi connectivity index (χ3v) is 6.49. The minimum Gasteiger partial charge on any atom is -0.303 e. The predicted octanol–water partition coefficient (Wildman–Crippen LogP) is 5.52. The van der Waals surface area contributed by atoms with Crippen molar-refractivity contribution in [3.63, 3.8) is 0 Å². The second-order valence-electron chi connectivity index (χ2n) is 8.41. The maximum absolute atomic E-state index is 9.13. The van der Waals surface area contributed by atoms with E-state index in [-0.39, 0.29) is 0 Å². The highest BCUT2D eigenvalue weighted by Gasteiger charge is 2.22. The van der Waals surface area contributed by atoms with Gasteiger partial charge in [-0.25, -0.2) is 0 Å². The fourth-order valence-electron chi connectivity index (χ4n) is 4.70. The third kappa shape index (κ3) is 4.23. The number of nitrogens with one attached hydrogen (secondary N) is 1. The van der Waals surface area contributed by atoms with Crippen molar-refractivity contribution in [1.29, 1.82) is 5.26 Å². The molecule has 1 aliphatic rings. The molecule has 5 rings (SSSR count). The number of hydrogen-bond donors (Lipinski definition) is 1. The van der Waals surface area contributed by atoms with Gasteiger partial charge in [-0.2, -0.15) is 10.4 Å². The van der Waals surface area contributed by atoms with Crippen LogP contribution >= 0.6 is 0 Å². The predicted molar refractivity (Wildman–Crippen MR) is 125 cm³/mol. The van der Waals surface area contributed by atoms with Crippen LogP contribution in [0.3, 0.4) is 0 Å². The molecule has 0 bridgehead atoms. The maximum atomic E-state index is 9.13. The zero-order valence-corrected chi connectivity index (χ0v) is 17.6. The van der Waals surface area contributed by atoms with E-state index in [1.807, 2.05) is 24.3 Å². The molecular formula is C27H26N4. The fraction of sp³-hybridized carbons (Fsp3) is 0.259. The van der Waals surface area contributed by atoms with E-state index < -0.39 is 0 Å². The first-order valence-corrected chi connectivity index (χ1v) is 11.0. The second-order valence-corrected chi connectivity index (χ2v) is 8.41. The zero-order chi connectivity index (χ0) is 21.0. The molecule has 1 aromatic heterocycles. The van der Waals surface area contributed by atoms with Gasteiger partial charge >= 0.3 is 0 Å². The van der Waals surface area contributed by atoms with Gasteiger partial charge in [0.25, 0.3) is 0 Å². The summed E-state index contributed by atoms with van der Waals surface area (Å²) in [5.41, 5.74) is 5.24. The standard InChI is InChI=1S/C27H26N4/c28-19-20-5-3-9-24(17-20)27-18-26(29-30-27)23-12-15-31(16-13-23)14-11-22-8-4-7-21-6-1-2-10-25(21)22/h1-10,17-18,23H,11-16H2,(H,29,30). The van der Waals surface area contributed by atoms with Gasteiger partial charge in [0.2, 0.25) is 0 Å². The maximum Gasteiger partial charge on any atom is 0.0991 e. The molecule has 1 N–H and O–H groups in total. The highest BCUT2D eigenvalue weighted by atomic mass is 15.1. The summed E-state index contributed by atoms with van der Waals surface area (Å²) >= 11 is 0. The van der Waals surface area contributed by atoms with Crippen molar-refractivity contribution < 1.29 is 0 Å². The lowest BCUT2D eigenvalue weighted by Crippen LogP contribution is -2.34. The molecule has 3 aromatic carbocycles. The number of rotatable bonds is 5. The molecule has 4 heteroatoms. The summed E-state index contributed by atoms with van der Waals surface area (Å²) in [6.45, 7) is 3.34. The zero-order valence-electron chi connectivity index (χ0n) is 17.6. The number of nitriles is 1. The summed E-state index contributed by atoms with van der Waals surface area (Å²) < 4.78 is 0. The lowest BCUT2D eigenvalue weighted by Gasteiger charge is -2.31. The number of fused-ring (bicyclic) bond motifs is 1. The van der Waals surface area contributed by atoms with Gasteiger partial charge in [0.05, 0.1) is 17.3 Å². The lowest BCUT2D eigenvalue weighted by molar-refractivity contribution is 0.213. The molecule has 0 amide bonds. The first-order chi connectivity index (χ1) is 15.3. The van der Waals surface area contributed by atoms with Crippen LogP contribution in [-0.2, 0) is 6.42 Å². The number of aromatic nitrogens is 2. The van der Waals surface area contributed by atoms with Crippen molar-refractivity contribution in [2.75, 3.05) is 19.6 Å². The Morgan fingerprint density at radius 3 is 2.65 bits per heavy atom. The van der Waals surface area contributed by atoms with Crippen LogP contribution in [0, 0.1) is 11.3 Å². The SMILES string of the molecule is N#Cc1cccc(-c2cc(C3CCN(CCc4cccc5ccccc45)CC3)[nH]n2)c1. The summed E-state index contributed by atoms with van der Waals surface area (Å²) in [7, 11) is 0. The normalized spacial score (nSPS) is 15.2. The Morgan fingerprint density at radius 2 is 1.77 bits per heavy atom. The number of benzene rings is 3. The Kier molecular flexibility index (Phi) is 5.52. The number of nitrogens with zero attached hydrogens (tertiary/aromatic N) is 3. The number of H-pyrrole nitrogens is 1. The molecule has 0 atom stereocenters. The van der Waals surface area contributed by atoms with Crippen LogP contribution in [0.1, 0.15) is 35.6 Å². The summed E-state index contributed by atoms with van der Waals surface area (Å²) in [6, 6.07) is 27.3. The molecule has 0 aliphatic carbocycles. The van der Waals surface area contributed by atoms with E-state index in [0.29, 0.717) is 11.5 Å². The van der Waals surface area contributed by atoms with Gasteiger partial charge in [-0.1, -0.05) is 54.6 Å². The van der Waals surface area contributed by atoms with E-state index in [4.69, 9.17) is 5.26 Å². The molecule has 0 unspecified atom stereocenters. The average Bonchev–Trinajstić information content (AvgIpc) is 3.33. The highest BCUT2D eigenvalue weighted by Crippen LogP contribution is 2.30. The molecule has 4 nitrogen and oxygen atoms in total. The second kappa shape index (κ2) is 8.75. The van der Waals surface area contributed by atoms with Crippen LogP contribution in [0.15, 0.2) is 72.8 Å². The monoisotopic (exact) mass is 406 g/mol. The van der Waals surface area contributed by atoms with Crippen molar-refractivity contribution in [2.24, 2.45) is 0 Å². The summed E-state index contributed by atoms with van der Waals surface area (Å²) in [6.07, 6.45) is 3.39. The van der Waals surface area contributed by atoms with Crippen LogP contribution in [0.25, 0.3) is 22.0 Å². The summed E-state index contributed by atoms with van der Waals surface area (Å²) in [5.74, 6) is 0.522. The fourth-order valence-corrected chi connectivity index (χ4v) is 4.70. The Hall–Kier alpha value is -3.42. The molecule has 0 radical (unpaired) electrons. The van der Waals surface area contributed by atoms with Gasteiger partial charge in [0.1, 0.15) is 0 Å². The summed E-state index contributed by atoms with van der Waals surface area (Å²) in [5, 5.41) is 19.6. The topological polar surface area (TPSA) is 55.7 Å². The summed E-state index contributed by atoms with van der Waals surface area (Å²) in [4.78, 5) is 2.59. The van der Waals surface area contributed by atoms with Crippen LogP contribution < -0.4 is 0 Å². The van der Waals surface area contributed by atoms with E-state index in [1.54, 1.807) is 0 Å². The van der Waals surface area contributed by atoms with Crippen molar-refractivity contribution in [3.05, 3.63) is 89.6 Å². The van der Waals surface area contributed by atoms with Crippen LogP contribution in [0.2, 0.25) is 0 Å². The van der Waals surface area contributed by atoms with Crippen LogP contribution in [0.5, 0.6) is 0 Å². The van der Waals surface area contributed by atoms with Gasteiger partial charge in [-0.3, -0.25) is 5.10 Å². The molecule has 0 saturated carbocycles. The van der Waals surface area contributed by atoms with E-state index in [2.05, 4.69) is 69.7 Å². The molecule has 1 aliphatic heterocycles. The highest BCUT2D eigenvalue weighted by molar-refractivity contribution is 5.85. The van der Waals surface area contributed by atoms with Gasteiger partial charge in [0, 0.05) is 23.7 Å². The molecule has 154 valence electrons. The van der Waals surface area contributed by atoms with Crippen molar-refractivity contribution >= 4 is 10.8 Å². The van der Waals surface area contributed by atoms with Gasteiger partial charge in [-0.05, 0) is 66.9 Å². The molecule has 4 aromatic rings. The first-order valence-electron chi connectivity index (χ1n) is 11.0. The Labute approximate surface area is 183 Å². The Bertz CT molecular complexity index is 1220. The molecule has 1 fully saturated rings. The van der Waals surface area contributed by atoms with Gasteiger partial charge in [0.15, 0.2) is 0 Å². The van der Waals surface area contributed by atoms with Crippen LogP contribution in [0.4, 0.5) is 0 Å². The Morgan fingerprint density at radius 1 is 0.968 bits per heavy atom. The first kappa shape index (κ1) is 19.5. The minimum absolute atomic E-state index is 0.522. The van der Waals surface area contributed by atoms with E-state index in [1.165, 1.54) is 22.0 Å². The van der Waals surface area contributed by atoms with Crippen molar-refractivity contribution in [3.8, 4) is 17.3 Å². The molecule has 0 spiro atoms. The number of piperidine rings is 1. The number of likely N-dealkylation sites (tertiary alicyclic amines) is 1. The van der Waals surface area contributed by atoms with Gasteiger partial charge < -0.3 is 4.90 Å². The molecule has 1 saturated heterocycles. The average molecular weight is 407 g/mol. The number of hydrogen-bond acceptors (Lipinski definition) is 3. The molecule has 2 heterocycles. The van der Waals surface area contributed by atoms with E-state index in [0.717, 1.165) is 50.2 Å². The molecule has 31 heavy (non-hydrogen) atoms. The third-order valence-electron chi connectivity index (χ3n) is 6.49. The molecular weight excluding hydrogens is 380 g/mol. The van der Waals surface area contributed by atoms with E-state index >= 15 is 0 Å². The lowest BCUT2D eigenvalue weighted by atomic mass is 9.92. The smallest absolute Gasteiger partial charge is 0.0991 e.